The highest BCUT2D eigenvalue weighted by Crippen LogP contribution is 2.33. The molecule has 7 nitrogen and oxygen atoms in total. The van der Waals surface area contributed by atoms with Crippen molar-refractivity contribution in [1.82, 2.24) is 19.5 Å². The standard InChI is InChI=1S/C20H18N4O3/c1-2-26-17-8-10-22-19-18(17)24(20(25)23-19)12-3-6-15-14(11-12)16(7-9-21-15)27-13-4-5-13/h3,6-11,13H,2,4-5H2,1H3,(H,22,23,25). The van der Waals surface area contributed by atoms with E-state index in [1.54, 1.807) is 23.0 Å². The van der Waals surface area contributed by atoms with E-state index in [0.717, 1.165) is 29.5 Å². The Kier molecular flexibility index (Phi) is 3.60. The van der Waals surface area contributed by atoms with Crippen LogP contribution in [0.4, 0.5) is 0 Å². The van der Waals surface area contributed by atoms with Gasteiger partial charge in [-0.2, -0.15) is 0 Å². The zero-order chi connectivity index (χ0) is 18.4. The van der Waals surface area contributed by atoms with Crippen molar-refractivity contribution in [3.63, 3.8) is 0 Å². The summed E-state index contributed by atoms with van der Waals surface area (Å²) < 4.78 is 13.3. The van der Waals surface area contributed by atoms with Gasteiger partial charge >= 0.3 is 5.69 Å². The SMILES string of the molecule is CCOc1ccnc2[nH]c(=O)n(-c3ccc4nccc(OC5CC5)c4c3)c12. The maximum Gasteiger partial charge on any atom is 0.332 e. The summed E-state index contributed by atoms with van der Waals surface area (Å²) >= 11 is 0. The zero-order valence-electron chi connectivity index (χ0n) is 14.8. The normalized spacial score (nSPS) is 14.0. The lowest BCUT2D eigenvalue weighted by molar-refractivity contribution is 0.307. The van der Waals surface area contributed by atoms with Gasteiger partial charge in [-0.3, -0.25) is 14.5 Å². The maximum absolute atomic E-state index is 12.7. The van der Waals surface area contributed by atoms with E-state index in [-0.39, 0.29) is 11.8 Å². The fourth-order valence-electron chi connectivity index (χ4n) is 3.24. The van der Waals surface area contributed by atoms with Crippen LogP contribution in [0, 0.1) is 0 Å². The summed E-state index contributed by atoms with van der Waals surface area (Å²) in [6.45, 7) is 2.41. The molecule has 0 spiro atoms. The number of pyridine rings is 2. The van der Waals surface area contributed by atoms with Gasteiger partial charge in [0.05, 0.1) is 23.9 Å². The Hall–Kier alpha value is -3.35. The van der Waals surface area contributed by atoms with Gasteiger partial charge in [0, 0.05) is 23.8 Å². The van der Waals surface area contributed by atoms with E-state index in [4.69, 9.17) is 9.47 Å². The molecule has 0 unspecified atom stereocenters. The molecule has 1 saturated carbocycles. The molecule has 136 valence electrons. The number of nitrogens with one attached hydrogen (secondary N) is 1. The first kappa shape index (κ1) is 15.9. The van der Waals surface area contributed by atoms with Crippen molar-refractivity contribution in [2.75, 3.05) is 6.61 Å². The van der Waals surface area contributed by atoms with Crippen LogP contribution >= 0.6 is 0 Å². The second-order valence-corrected chi connectivity index (χ2v) is 6.53. The average molecular weight is 362 g/mol. The van der Waals surface area contributed by atoms with Gasteiger partial charge in [0.15, 0.2) is 5.65 Å². The Morgan fingerprint density at radius 1 is 1.15 bits per heavy atom. The van der Waals surface area contributed by atoms with Gasteiger partial charge in [-0.15, -0.1) is 0 Å². The van der Waals surface area contributed by atoms with E-state index in [9.17, 15) is 4.79 Å². The third-order valence-corrected chi connectivity index (χ3v) is 4.60. The molecular weight excluding hydrogens is 344 g/mol. The number of fused-ring (bicyclic) bond motifs is 2. The lowest BCUT2D eigenvalue weighted by Gasteiger charge is -2.11. The summed E-state index contributed by atoms with van der Waals surface area (Å²) in [6.07, 6.45) is 5.81. The van der Waals surface area contributed by atoms with Gasteiger partial charge in [0.2, 0.25) is 0 Å². The molecular formula is C20H18N4O3. The number of aromatic nitrogens is 4. The number of H-pyrrole nitrogens is 1. The number of hydrogen-bond donors (Lipinski definition) is 1. The quantitative estimate of drug-likeness (QED) is 0.589. The van der Waals surface area contributed by atoms with E-state index >= 15 is 0 Å². The lowest BCUT2D eigenvalue weighted by atomic mass is 10.1. The summed E-state index contributed by atoms with van der Waals surface area (Å²) in [5, 5.41) is 0.880. The van der Waals surface area contributed by atoms with Gasteiger partial charge in [-0.05, 0) is 44.0 Å². The molecule has 0 bridgehead atoms. The van der Waals surface area contributed by atoms with Crippen molar-refractivity contribution < 1.29 is 9.47 Å². The first-order chi connectivity index (χ1) is 13.2. The van der Waals surface area contributed by atoms with Crippen LogP contribution in [0.15, 0.2) is 47.5 Å². The summed E-state index contributed by atoms with van der Waals surface area (Å²) in [6, 6.07) is 9.33. The molecule has 3 aromatic heterocycles. The minimum Gasteiger partial charge on any atom is -0.491 e. The number of aromatic amines is 1. The van der Waals surface area contributed by atoms with Crippen molar-refractivity contribution in [1.29, 1.82) is 0 Å². The number of rotatable bonds is 5. The first-order valence-electron chi connectivity index (χ1n) is 9.03. The van der Waals surface area contributed by atoms with Gasteiger partial charge in [0.25, 0.3) is 0 Å². The third-order valence-electron chi connectivity index (χ3n) is 4.60. The molecule has 0 atom stereocenters. The number of imidazole rings is 1. The molecule has 1 aromatic carbocycles. The average Bonchev–Trinajstić information content (AvgIpc) is 3.42. The lowest BCUT2D eigenvalue weighted by Crippen LogP contribution is -2.15. The van der Waals surface area contributed by atoms with E-state index in [0.29, 0.717) is 29.2 Å². The first-order valence-corrected chi connectivity index (χ1v) is 9.03. The van der Waals surface area contributed by atoms with Crippen LogP contribution in [-0.2, 0) is 0 Å². The van der Waals surface area contributed by atoms with Crippen LogP contribution in [-0.4, -0.2) is 32.2 Å². The number of nitrogens with zero attached hydrogens (tertiary/aromatic N) is 3. The van der Waals surface area contributed by atoms with Gasteiger partial charge in [-0.25, -0.2) is 9.78 Å². The fraction of sp³-hybridized carbons (Fsp3) is 0.250. The molecule has 1 aliphatic rings. The molecule has 1 aliphatic carbocycles. The number of benzene rings is 1. The summed E-state index contributed by atoms with van der Waals surface area (Å²) in [5.41, 5.74) is 2.38. The Morgan fingerprint density at radius 3 is 2.78 bits per heavy atom. The molecule has 1 N–H and O–H groups in total. The van der Waals surface area contributed by atoms with Gasteiger partial charge < -0.3 is 9.47 Å². The summed E-state index contributed by atoms with van der Waals surface area (Å²) in [4.78, 5) is 24.1. The highest BCUT2D eigenvalue weighted by atomic mass is 16.5. The molecule has 1 fully saturated rings. The van der Waals surface area contributed by atoms with Crippen molar-refractivity contribution in [3.05, 3.63) is 53.2 Å². The maximum atomic E-state index is 12.7. The van der Waals surface area contributed by atoms with E-state index < -0.39 is 0 Å². The minimum absolute atomic E-state index is 0.266. The molecule has 7 heteroatoms. The van der Waals surface area contributed by atoms with Crippen molar-refractivity contribution in [2.45, 2.75) is 25.9 Å². The highest BCUT2D eigenvalue weighted by Gasteiger charge is 2.24. The van der Waals surface area contributed by atoms with E-state index in [2.05, 4.69) is 15.0 Å². The second-order valence-electron chi connectivity index (χ2n) is 6.53. The van der Waals surface area contributed by atoms with Crippen LogP contribution in [0.2, 0.25) is 0 Å². The Labute approximate surface area is 154 Å². The van der Waals surface area contributed by atoms with Gasteiger partial charge in [-0.1, -0.05) is 0 Å². The second kappa shape index (κ2) is 6.12. The molecule has 0 radical (unpaired) electrons. The summed E-state index contributed by atoms with van der Waals surface area (Å²) in [5.74, 6) is 1.40. The summed E-state index contributed by atoms with van der Waals surface area (Å²) in [7, 11) is 0. The van der Waals surface area contributed by atoms with Crippen molar-refractivity contribution >= 4 is 22.1 Å². The number of ether oxygens (including phenoxy) is 2. The van der Waals surface area contributed by atoms with Crippen LogP contribution in [0.5, 0.6) is 11.5 Å². The molecule has 0 aliphatic heterocycles. The molecule has 27 heavy (non-hydrogen) atoms. The zero-order valence-corrected chi connectivity index (χ0v) is 14.8. The molecule has 4 aromatic rings. The Morgan fingerprint density at radius 2 is 1.96 bits per heavy atom. The molecule has 0 saturated heterocycles. The van der Waals surface area contributed by atoms with Crippen molar-refractivity contribution in [2.24, 2.45) is 0 Å². The minimum atomic E-state index is -0.266. The molecule has 0 amide bonds. The van der Waals surface area contributed by atoms with Crippen LogP contribution in [0.25, 0.3) is 27.8 Å². The van der Waals surface area contributed by atoms with E-state index in [1.165, 1.54) is 0 Å². The molecule has 3 heterocycles. The Balaban J connectivity index is 1.73. The van der Waals surface area contributed by atoms with Crippen LogP contribution in [0.1, 0.15) is 19.8 Å². The Bertz CT molecular complexity index is 1210. The predicted octanol–water partition coefficient (Wildman–Crippen LogP) is 3.20. The number of hydrogen-bond acceptors (Lipinski definition) is 5. The van der Waals surface area contributed by atoms with Crippen molar-refractivity contribution in [3.8, 4) is 17.2 Å². The smallest absolute Gasteiger partial charge is 0.332 e. The third kappa shape index (κ3) is 2.71. The van der Waals surface area contributed by atoms with Crippen LogP contribution in [0.3, 0.4) is 0 Å². The monoisotopic (exact) mass is 362 g/mol. The van der Waals surface area contributed by atoms with Gasteiger partial charge in [0.1, 0.15) is 17.0 Å². The largest absolute Gasteiger partial charge is 0.491 e. The fourth-order valence-corrected chi connectivity index (χ4v) is 3.24. The predicted molar refractivity (Wildman–Crippen MR) is 102 cm³/mol. The van der Waals surface area contributed by atoms with E-state index in [1.807, 2.05) is 31.2 Å². The van der Waals surface area contributed by atoms with Crippen LogP contribution < -0.4 is 15.2 Å². The molecule has 5 rings (SSSR count). The highest BCUT2D eigenvalue weighted by molar-refractivity contribution is 5.88. The topological polar surface area (TPSA) is 82.0 Å².